The minimum absolute atomic E-state index is 0.0707. The summed E-state index contributed by atoms with van der Waals surface area (Å²) >= 11 is 0. The zero-order valence-electron chi connectivity index (χ0n) is 22.4. The van der Waals surface area contributed by atoms with E-state index in [0.29, 0.717) is 0 Å². The number of rotatable bonds is 6. The summed E-state index contributed by atoms with van der Waals surface area (Å²) in [7, 11) is -1.26. The summed E-state index contributed by atoms with van der Waals surface area (Å²) in [6.07, 6.45) is 0. The molecule has 0 saturated carbocycles. The molecule has 1 nitrogen and oxygen atoms in total. The Morgan fingerprint density at radius 1 is 0.444 bits per heavy atom. The van der Waals surface area contributed by atoms with Crippen LogP contribution < -0.4 is 0 Å². The smallest absolute Gasteiger partial charge is 0.0856 e. The Bertz CT molecular complexity index is 1170. The molecule has 0 aliphatic carbocycles. The molecule has 4 aromatic rings. The van der Waals surface area contributed by atoms with E-state index in [1.165, 1.54) is 11.1 Å². The average Bonchev–Trinajstić information content (AvgIpc) is 2.85. The molecule has 36 heavy (non-hydrogen) atoms. The molecule has 0 N–H and O–H groups in total. The highest BCUT2D eigenvalue weighted by molar-refractivity contribution is 7.86. The monoisotopic (exact) mass is 494 g/mol. The van der Waals surface area contributed by atoms with Crippen molar-refractivity contribution >= 4 is 10.8 Å². The Hall–Kier alpha value is -2.97. The molecule has 0 aliphatic rings. The Morgan fingerprint density at radius 3 is 1.00 bits per heavy atom. The minimum atomic E-state index is -1.26. The van der Waals surface area contributed by atoms with Crippen LogP contribution in [0.2, 0.25) is 0 Å². The van der Waals surface area contributed by atoms with E-state index in [0.717, 1.165) is 22.3 Å². The quantitative estimate of drug-likeness (QED) is 0.261. The lowest BCUT2D eigenvalue weighted by Gasteiger charge is -2.27. The van der Waals surface area contributed by atoms with Crippen LogP contribution >= 0.6 is 0 Å². The predicted molar refractivity (Wildman–Crippen MR) is 155 cm³/mol. The van der Waals surface area contributed by atoms with E-state index in [4.69, 9.17) is 0 Å². The van der Waals surface area contributed by atoms with Crippen LogP contribution in [-0.4, -0.2) is 4.21 Å². The van der Waals surface area contributed by atoms with E-state index < -0.39 is 10.8 Å². The van der Waals surface area contributed by atoms with Gasteiger partial charge in [0.05, 0.1) is 10.5 Å². The molecule has 4 aromatic carbocycles. The van der Waals surface area contributed by atoms with Gasteiger partial charge in [-0.15, -0.1) is 0 Å². The van der Waals surface area contributed by atoms with E-state index >= 15 is 0 Å². The standard InChI is InChI=1S/C34H38OS/c1-33(2,3)29-21-17-27(18-22-29)31(25-13-9-7-10-14-25)36(35)32(26-15-11-8-12-16-26)28-19-23-30(24-20-28)34(4,5)6/h7-24,31-32H,1-6H3. The fourth-order valence-corrected chi connectivity index (χ4v) is 6.60. The van der Waals surface area contributed by atoms with Crippen molar-refractivity contribution < 1.29 is 4.21 Å². The molecule has 0 aliphatic heterocycles. The maximum absolute atomic E-state index is 14.7. The van der Waals surface area contributed by atoms with Crippen molar-refractivity contribution in [2.45, 2.75) is 62.9 Å². The van der Waals surface area contributed by atoms with Crippen LogP contribution in [0.25, 0.3) is 0 Å². The molecule has 2 heteroatoms. The minimum Gasteiger partial charge on any atom is -0.258 e. The average molecular weight is 495 g/mol. The van der Waals surface area contributed by atoms with Crippen LogP contribution in [-0.2, 0) is 21.6 Å². The molecule has 2 atom stereocenters. The SMILES string of the molecule is CC(C)(C)c1ccc(C(c2ccccc2)S(=O)C(c2ccccc2)c2ccc(C(C)(C)C)cc2)cc1. The molecular weight excluding hydrogens is 456 g/mol. The van der Waals surface area contributed by atoms with Crippen LogP contribution in [0.3, 0.4) is 0 Å². The van der Waals surface area contributed by atoms with Crippen molar-refractivity contribution in [2.75, 3.05) is 0 Å². The Labute approximate surface area is 220 Å². The second-order valence-electron chi connectivity index (χ2n) is 11.7. The van der Waals surface area contributed by atoms with Gasteiger partial charge < -0.3 is 0 Å². The summed E-state index contributed by atoms with van der Waals surface area (Å²) in [5.74, 6) is 0. The van der Waals surface area contributed by atoms with Gasteiger partial charge in [0, 0.05) is 10.8 Å². The van der Waals surface area contributed by atoms with Gasteiger partial charge in [0.15, 0.2) is 0 Å². The number of hydrogen-bond donors (Lipinski definition) is 0. The second kappa shape index (κ2) is 10.6. The van der Waals surface area contributed by atoms with Crippen LogP contribution in [0.4, 0.5) is 0 Å². The normalized spacial score (nSPS) is 14.7. The first-order valence-corrected chi connectivity index (χ1v) is 14.0. The van der Waals surface area contributed by atoms with Gasteiger partial charge >= 0.3 is 0 Å². The third-order valence-electron chi connectivity index (χ3n) is 6.83. The van der Waals surface area contributed by atoms with Crippen LogP contribution in [0.1, 0.15) is 85.4 Å². The predicted octanol–water partition coefficient (Wildman–Crippen LogP) is 8.91. The van der Waals surface area contributed by atoms with E-state index in [-0.39, 0.29) is 21.3 Å². The van der Waals surface area contributed by atoms with Gasteiger partial charge in [-0.25, -0.2) is 0 Å². The number of benzene rings is 4. The molecular formula is C34H38OS. The van der Waals surface area contributed by atoms with Gasteiger partial charge in [-0.3, -0.25) is 4.21 Å². The molecule has 0 fully saturated rings. The van der Waals surface area contributed by atoms with Gasteiger partial charge in [-0.1, -0.05) is 151 Å². The summed E-state index contributed by atoms with van der Waals surface area (Å²) in [6, 6.07) is 38.1. The lowest BCUT2D eigenvalue weighted by Crippen LogP contribution is -2.18. The Morgan fingerprint density at radius 2 is 0.722 bits per heavy atom. The van der Waals surface area contributed by atoms with Crippen molar-refractivity contribution in [1.82, 2.24) is 0 Å². The molecule has 186 valence electrons. The molecule has 0 saturated heterocycles. The van der Waals surface area contributed by atoms with Gasteiger partial charge in [-0.05, 0) is 44.2 Å². The molecule has 0 heterocycles. The summed E-state index contributed by atoms with van der Waals surface area (Å²) in [4.78, 5) is 0. The summed E-state index contributed by atoms with van der Waals surface area (Å²) in [6.45, 7) is 13.3. The van der Waals surface area contributed by atoms with Gasteiger partial charge in [0.1, 0.15) is 0 Å². The summed E-state index contributed by atoms with van der Waals surface area (Å²) < 4.78 is 14.7. The Kier molecular flexibility index (Phi) is 7.66. The molecule has 0 aromatic heterocycles. The first kappa shape index (κ1) is 26.1. The summed E-state index contributed by atoms with van der Waals surface area (Å²) in [5.41, 5.74) is 7.02. The maximum atomic E-state index is 14.7. The van der Waals surface area contributed by atoms with E-state index in [9.17, 15) is 4.21 Å². The molecule has 0 radical (unpaired) electrons. The zero-order chi connectivity index (χ0) is 25.9. The van der Waals surface area contributed by atoms with Gasteiger partial charge in [-0.2, -0.15) is 0 Å². The van der Waals surface area contributed by atoms with Crippen LogP contribution in [0, 0.1) is 0 Å². The van der Waals surface area contributed by atoms with Crippen molar-refractivity contribution in [3.8, 4) is 0 Å². The maximum Gasteiger partial charge on any atom is 0.0856 e. The third kappa shape index (κ3) is 5.87. The van der Waals surface area contributed by atoms with Gasteiger partial charge in [0.2, 0.25) is 0 Å². The largest absolute Gasteiger partial charge is 0.258 e. The van der Waals surface area contributed by atoms with Gasteiger partial charge in [0.25, 0.3) is 0 Å². The fourth-order valence-electron chi connectivity index (χ4n) is 4.63. The first-order chi connectivity index (χ1) is 17.1. The zero-order valence-corrected chi connectivity index (χ0v) is 23.2. The van der Waals surface area contributed by atoms with E-state index in [1.54, 1.807) is 0 Å². The van der Waals surface area contributed by atoms with Crippen molar-refractivity contribution in [3.05, 3.63) is 143 Å². The molecule has 0 spiro atoms. The van der Waals surface area contributed by atoms with Crippen LogP contribution in [0.15, 0.2) is 109 Å². The highest BCUT2D eigenvalue weighted by Gasteiger charge is 2.31. The van der Waals surface area contributed by atoms with Crippen molar-refractivity contribution in [3.63, 3.8) is 0 Å². The molecule has 4 rings (SSSR count). The molecule has 2 unspecified atom stereocenters. The fraction of sp³-hybridized carbons (Fsp3) is 0.294. The third-order valence-corrected chi connectivity index (χ3v) is 8.85. The lowest BCUT2D eigenvalue weighted by molar-refractivity contribution is 0.590. The van der Waals surface area contributed by atoms with Crippen LogP contribution in [0.5, 0.6) is 0 Å². The van der Waals surface area contributed by atoms with Crippen molar-refractivity contribution in [2.24, 2.45) is 0 Å². The van der Waals surface area contributed by atoms with E-state index in [1.807, 2.05) is 36.4 Å². The molecule has 0 amide bonds. The first-order valence-electron chi connectivity index (χ1n) is 12.8. The lowest BCUT2D eigenvalue weighted by atomic mass is 9.86. The highest BCUT2D eigenvalue weighted by Crippen LogP contribution is 2.40. The number of hydrogen-bond acceptors (Lipinski definition) is 1. The van der Waals surface area contributed by atoms with Crippen molar-refractivity contribution in [1.29, 1.82) is 0 Å². The highest BCUT2D eigenvalue weighted by atomic mass is 32.2. The topological polar surface area (TPSA) is 17.1 Å². The molecule has 0 bridgehead atoms. The van der Waals surface area contributed by atoms with E-state index in [2.05, 4.69) is 114 Å². The second-order valence-corrected chi connectivity index (χ2v) is 13.3. The summed E-state index contributed by atoms with van der Waals surface area (Å²) in [5, 5.41) is -0.486. The Balaban J connectivity index is 1.83.